The van der Waals surface area contributed by atoms with Gasteiger partial charge in [-0.2, -0.15) is 16.4 Å². The Balaban J connectivity index is 1.49. The van der Waals surface area contributed by atoms with Crippen LogP contribution in [0.1, 0.15) is 29.8 Å². The Morgan fingerprint density at radius 3 is 3.10 bits per heavy atom. The molecule has 21 heavy (non-hydrogen) atoms. The predicted molar refractivity (Wildman–Crippen MR) is 78.0 cm³/mol. The number of aryl methyl sites for hydroxylation is 1. The summed E-state index contributed by atoms with van der Waals surface area (Å²) in [5.74, 6) is 0.654. The standard InChI is InChI=1S/C14H14N4O2S/c19-13(3-1-2-5-18-10-15-9-16-18)12-7-14(20-17-12)11-4-6-21-8-11/h4,6-10H,1-3,5H2. The molecule has 0 N–H and O–H groups in total. The van der Waals surface area contributed by atoms with Gasteiger partial charge >= 0.3 is 0 Å². The van der Waals surface area contributed by atoms with Crippen LogP contribution in [0, 0.1) is 0 Å². The van der Waals surface area contributed by atoms with Crippen LogP contribution in [0.4, 0.5) is 0 Å². The van der Waals surface area contributed by atoms with E-state index in [4.69, 9.17) is 4.52 Å². The van der Waals surface area contributed by atoms with Gasteiger partial charge in [0.1, 0.15) is 18.3 Å². The first kappa shape index (κ1) is 13.7. The zero-order chi connectivity index (χ0) is 14.5. The van der Waals surface area contributed by atoms with Crippen molar-refractivity contribution in [2.24, 2.45) is 0 Å². The van der Waals surface area contributed by atoms with Crippen LogP contribution >= 0.6 is 11.3 Å². The van der Waals surface area contributed by atoms with Crippen LogP contribution in [0.2, 0.25) is 0 Å². The van der Waals surface area contributed by atoms with Crippen molar-refractivity contribution in [1.29, 1.82) is 0 Å². The van der Waals surface area contributed by atoms with Crippen molar-refractivity contribution >= 4 is 17.1 Å². The molecule has 0 aromatic carbocycles. The summed E-state index contributed by atoms with van der Waals surface area (Å²) in [7, 11) is 0. The van der Waals surface area contributed by atoms with Crippen LogP contribution in [-0.2, 0) is 6.54 Å². The molecule has 3 aromatic heterocycles. The minimum absolute atomic E-state index is 0.0128. The highest BCUT2D eigenvalue weighted by Gasteiger charge is 2.13. The van der Waals surface area contributed by atoms with E-state index in [9.17, 15) is 4.79 Å². The van der Waals surface area contributed by atoms with Gasteiger partial charge in [0.05, 0.1) is 0 Å². The molecule has 3 rings (SSSR count). The summed E-state index contributed by atoms with van der Waals surface area (Å²) >= 11 is 1.58. The normalized spacial score (nSPS) is 10.9. The number of Topliss-reactive ketones (excluding diaryl/α,β-unsaturated/α-hetero) is 1. The number of hydrogen-bond acceptors (Lipinski definition) is 6. The molecule has 0 aliphatic rings. The number of hydrogen-bond donors (Lipinski definition) is 0. The summed E-state index contributed by atoms with van der Waals surface area (Å²) in [5.41, 5.74) is 1.36. The van der Waals surface area contributed by atoms with Crippen molar-refractivity contribution in [3.8, 4) is 11.3 Å². The lowest BCUT2D eigenvalue weighted by Gasteiger charge is -1.99. The summed E-state index contributed by atoms with van der Waals surface area (Å²) in [6, 6.07) is 3.65. The summed E-state index contributed by atoms with van der Waals surface area (Å²) in [5, 5.41) is 11.8. The second kappa shape index (κ2) is 6.45. The third-order valence-electron chi connectivity index (χ3n) is 3.11. The fraction of sp³-hybridized carbons (Fsp3) is 0.286. The third-order valence-corrected chi connectivity index (χ3v) is 3.79. The zero-order valence-corrected chi connectivity index (χ0v) is 12.1. The largest absolute Gasteiger partial charge is 0.356 e. The Labute approximate surface area is 125 Å². The van der Waals surface area contributed by atoms with E-state index in [-0.39, 0.29) is 5.78 Å². The van der Waals surface area contributed by atoms with Crippen molar-refractivity contribution in [2.45, 2.75) is 25.8 Å². The van der Waals surface area contributed by atoms with Crippen molar-refractivity contribution in [3.63, 3.8) is 0 Å². The molecule has 0 atom stereocenters. The van der Waals surface area contributed by atoms with Crippen LogP contribution in [0.3, 0.4) is 0 Å². The van der Waals surface area contributed by atoms with Gasteiger partial charge in [-0.05, 0) is 24.3 Å². The SMILES string of the molecule is O=C(CCCCn1cncn1)c1cc(-c2ccsc2)on1. The molecule has 0 fully saturated rings. The Hall–Kier alpha value is -2.28. The van der Waals surface area contributed by atoms with Crippen molar-refractivity contribution in [3.05, 3.63) is 41.2 Å². The highest BCUT2D eigenvalue weighted by molar-refractivity contribution is 7.08. The van der Waals surface area contributed by atoms with E-state index in [0.717, 1.165) is 24.9 Å². The number of rotatable bonds is 7. The average Bonchev–Trinajstić information content (AvgIpc) is 3.25. The molecule has 0 aliphatic heterocycles. The minimum atomic E-state index is 0.0128. The molecule has 7 heteroatoms. The molecule has 0 aliphatic carbocycles. The number of aromatic nitrogens is 4. The second-order valence-corrected chi connectivity index (χ2v) is 5.41. The lowest BCUT2D eigenvalue weighted by Crippen LogP contribution is -2.02. The van der Waals surface area contributed by atoms with Gasteiger partial charge in [0, 0.05) is 30.0 Å². The Kier molecular flexibility index (Phi) is 4.20. The minimum Gasteiger partial charge on any atom is -0.356 e. The molecule has 0 bridgehead atoms. The number of thiophene rings is 1. The van der Waals surface area contributed by atoms with Crippen molar-refractivity contribution in [2.75, 3.05) is 0 Å². The van der Waals surface area contributed by atoms with Gasteiger partial charge in [0.25, 0.3) is 0 Å². The molecule has 108 valence electrons. The molecule has 6 nitrogen and oxygen atoms in total. The number of unbranched alkanes of at least 4 members (excludes halogenated alkanes) is 1. The number of ketones is 1. The van der Waals surface area contributed by atoms with Gasteiger partial charge < -0.3 is 4.52 Å². The third kappa shape index (κ3) is 3.43. The van der Waals surface area contributed by atoms with Gasteiger partial charge in [0.2, 0.25) is 0 Å². The van der Waals surface area contributed by atoms with Crippen LogP contribution in [0.5, 0.6) is 0 Å². The van der Waals surface area contributed by atoms with E-state index in [0.29, 0.717) is 17.9 Å². The fourth-order valence-corrected chi connectivity index (χ4v) is 2.63. The average molecular weight is 302 g/mol. The molecule has 0 radical (unpaired) electrons. The summed E-state index contributed by atoms with van der Waals surface area (Å²) in [6.07, 6.45) is 5.31. The monoisotopic (exact) mass is 302 g/mol. The van der Waals surface area contributed by atoms with Gasteiger partial charge in [0.15, 0.2) is 11.5 Å². The number of carbonyl (C=O) groups excluding carboxylic acids is 1. The van der Waals surface area contributed by atoms with Gasteiger partial charge in [-0.1, -0.05) is 5.16 Å². The number of nitrogens with zero attached hydrogens (tertiary/aromatic N) is 4. The zero-order valence-electron chi connectivity index (χ0n) is 11.3. The van der Waals surface area contributed by atoms with E-state index in [1.807, 2.05) is 16.8 Å². The molecule has 0 saturated heterocycles. The first-order valence-corrected chi connectivity index (χ1v) is 7.62. The number of carbonyl (C=O) groups is 1. The maximum absolute atomic E-state index is 12.0. The van der Waals surface area contributed by atoms with Crippen LogP contribution < -0.4 is 0 Å². The molecular weight excluding hydrogens is 288 g/mol. The van der Waals surface area contributed by atoms with Gasteiger partial charge in [-0.3, -0.25) is 9.48 Å². The smallest absolute Gasteiger partial charge is 0.184 e. The van der Waals surface area contributed by atoms with E-state index < -0.39 is 0 Å². The van der Waals surface area contributed by atoms with E-state index in [2.05, 4.69) is 15.2 Å². The van der Waals surface area contributed by atoms with Crippen LogP contribution in [0.25, 0.3) is 11.3 Å². The summed E-state index contributed by atoms with van der Waals surface area (Å²) < 4.78 is 6.97. The highest BCUT2D eigenvalue weighted by atomic mass is 32.1. The molecule has 0 unspecified atom stereocenters. The summed E-state index contributed by atoms with van der Waals surface area (Å²) in [4.78, 5) is 15.9. The quantitative estimate of drug-likeness (QED) is 0.495. The molecule has 3 aromatic rings. The van der Waals surface area contributed by atoms with E-state index in [1.165, 1.54) is 6.33 Å². The Morgan fingerprint density at radius 2 is 2.33 bits per heavy atom. The molecule has 0 saturated carbocycles. The van der Waals surface area contributed by atoms with E-state index in [1.54, 1.807) is 28.4 Å². The lowest BCUT2D eigenvalue weighted by atomic mass is 10.1. The maximum atomic E-state index is 12.0. The fourth-order valence-electron chi connectivity index (χ4n) is 1.98. The topological polar surface area (TPSA) is 73.8 Å². The molecular formula is C14H14N4O2S. The van der Waals surface area contributed by atoms with Crippen molar-refractivity contribution in [1.82, 2.24) is 19.9 Å². The van der Waals surface area contributed by atoms with Gasteiger partial charge in [-0.15, -0.1) is 0 Å². The van der Waals surface area contributed by atoms with Crippen molar-refractivity contribution < 1.29 is 9.32 Å². The highest BCUT2D eigenvalue weighted by Crippen LogP contribution is 2.23. The Morgan fingerprint density at radius 1 is 1.38 bits per heavy atom. The first-order valence-electron chi connectivity index (χ1n) is 6.68. The maximum Gasteiger partial charge on any atom is 0.184 e. The van der Waals surface area contributed by atoms with Crippen LogP contribution in [-0.4, -0.2) is 25.7 Å². The second-order valence-electron chi connectivity index (χ2n) is 4.63. The first-order chi connectivity index (χ1) is 10.3. The molecule has 0 spiro atoms. The molecule has 3 heterocycles. The predicted octanol–water partition coefficient (Wildman–Crippen LogP) is 3.05. The lowest BCUT2D eigenvalue weighted by molar-refractivity contribution is 0.0970. The Bertz CT molecular complexity index is 688. The van der Waals surface area contributed by atoms with E-state index >= 15 is 0 Å². The van der Waals surface area contributed by atoms with Crippen LogP contribution in [0.15, 0.2) is 40.1 Å². The summed E-state index contributed by atoms with van der Waals surface area (Å²) in [6.45, 7) is 0.770. The molecule has 0 amide bonds. The van der Waals surface area contributed by atoms with Gasteiger partial charge in [-0.25, -0.2) is 4.98 Å².